The Kier molecular flexibility index (Phi) is 3.62. The maximum absolute atomic E-state index is 12.7. The topological polar surface area (TPSA) is 52.0 Å². The van der Waals surface area contributed by atoms with Crippen LogP contribution in [0.1, 0.15) is 27.2 Å². The molecule has 24 heavy (non-hydrogen) atoms. The van der Waals surface area contributed by atoms with Crippen molar-refractivity contribution in [3.63, 3.8) is 0 Å². The highest BCUT2D eigenvalue weighted by atomic mass is 16.6. The monoisotopic (exact) mass is 322 g/mol. The third-order valence-corrected chi connectivity index (χ3v) is 4.27. The minimum absolute atomic E-state index is 0.0995. The van der Waals surface area contributed by atoms with Crippen LogP contribution in [0, 0.1) is 13.8 Å². The molecule has 1 aromatic heterocycles. The molecule has 0 amide bonds. The molecule has 1 unspecified atom stereocenters. The van der Waals surface area contributed by atoms with Crippen molar-refractivity contribution in [3.8, 4) is 5.75 Å². The van der Waals surface area contributed by atoms with Gasteiger partial charge in [0.15, 0.2) is 5.76 Å². The van der Waals surface area contributed by atoms with E-state index >= 15 is 0 Å². The van der Waals surface area contributed by atoms with Gasteiger partial charge in [-0.2, -0.15) is 0 Å². The van der Waals surface area contributed by atoms with Crippen LogP contribution in [0.5, 0.6) is 5.75 Å². The molecule has 0 aliphatic carbocycles. The molecule has 1 atom stereocenters. The van der Waals surface area contributed by atoms with Crippen molar-refractivity contribution in [2.45, 2.75) is 20.0 Å². The number of aryl methyl sites for hydroxylation is 2. The van der Waals surface area contributed by atoms with Crippen molar-refractivity contribution in [1.29, 1.82) is 0 Å². The van der Waals surface area contributed by atoms with Gasteiger partial charge < -0.3 is 13.9 Å². The van der Waals surface area contributed by atoms with E-state index in [1.807, 2.05) is 56.3 Å². The van der Waals surface area contributed by atoms with Gasteiger partial charge in [0.25, 0.3) is 0 Å². The molecular weight excluding hydrogens is 304 g/mol. The van der Waals surface area contributed by atoms with E-state index in [4.69, 9.17) is 13.9 Å². The average molecular weight is 322 g/mol. The molecule has 1 saturated heterocycles. The van der Waals surface area contributed by atoms with Gasteiger partial charge in [-0.1, -0.05) is 29.8 Å². The Hall–Kier alpha value is -2.59. The number of carbonyl (C=O) groups excluding carboxylic acids is 1. The summed E-state index contributed by atoms with van der Waals surface area (Å²) in [4.78, 5) is 12.7. The molecule has 0 saturated carbocycles. The highest BCUT2D eigenvalue weighted by molar-refractivity contribution is 6.10. The lowest BCUT2D eigenvalue weighted by atomic mass is 10.0. The number of epoxide rings is 1. The number of benzene rings is 2. The second-order valence-corrected chi connectivity index (χ2v) is 6.18. The molecule has 2 aromatic carbocycles. The van der Waals surface area contributed by atoms with Crippen LogP contribution in [-0.2, 0) is 4.74 Å². The first kappa shape index (κ1) is 15.0. The first-order valence-electron chi connectivity index (χ1n) is 8.01. The summed E-state index contributed by atoms with van der Waals surface area (Å²) in [6.07, 6.45) is 0.213. The number of rotatable bonds is 5. The van der Waals surface area contributed by atoms with E-state index < -0.39 is 0 Å². The molecule has 1 aliphatic rings. The predicted octanol–water partition coefficient (Wildman–Crippen LogP) is 4.06. The zero-order valence-electron chi connectivity index (χ0n) is 13.7. The fraction of sp³-hybridized carbons (Fsp3) is 0.250. The lowest BCUT2D eigenvalue weighted by molar-refractivity contribution is 0.101. The molecule has 0 bridgehead atoms. The Morgan fingerprint density at radius 2 is 1.92 bits per heavy atom. The summed E-state index contributed by atoms with van der Waals surface area (Å²) in [5.74, 6) is 1.05. The highest BCUT2D eigenvalue weighted by Crippen LogP contribution is 2.30. The Labute approximate surface area is 140 Å². The number of ketones is 1. The predicted molar refractivity (Wildman–Crippen MR) is 90.8 cm³/mol. The van der Waals surface area contributed by atoms with E-state index in [1.54, 1.807) is 0 Å². The van der Waals surface area contributed by atoms with Crippen LogP contribution in [0.3, 0.4) is 0 Å². The quantitative estimate of drug-likeness (QED) is 0.525. The molecule has 0 N–H and O–H groups in total. The van der Waals surface area contributed by atoms with Gasteiger partial charge in [0.05, 0.1) is 6.61 Å². The van der Waals surface area contributed by atoms with Gasteiger partial charge in [-0.05, 0) is 32.0 Å². The molecule has 4 nitrogen and oxygen atoms in total. The van der Waals surface area contributed by atoms with E-state index in [1.165, 1.54) is 0 Å². The van der Waals surface area contributed by atoms with E-state index in [0.717, 1.165) is 28.9 Å². The molecule has 2 heterocycles. The number of furan rings is 1. The lowest BCUT2D eigenvalue weighted by Gasteiger charge is -2.03. The lowest BCUT2D eigenvalue weighted by Crippen LogP contribution is -2.03. The number of carbonyl (C=O) groups is 1. The van der Waals surface area contributed by atoms with Gasteiger partial charge in [0.1, 0.15) is 24.0 Å². The zero-order chi connectivity index (χ0) is 16.7. The van der Waals surface area contributed by atoms with Crippen molar-refractivity contribution in [2.75, 3.05) is 13.2 Å². The normalized spacial score (nSPS) is 16.3. The minimum Gasteiger partial charge on any atom is -0.491 e. The Morgan fingerprint density at radius 1 is 1.17 bits per heavy atom. The van der Waals surface area contributed by atoms with Crippen LogP contribution in [0.4, 0.5) is 0 Å². The summed E-state index contributed by atoms with van der Waals surface area (Å²) in [5, 5.41) is 0.902. The standard InChI is InChI=1S/C20H18O4/c1-12-3-5-14(6-4-12)19(21)20-13(2)17-9-15(7-8-18(17)24-20)22-10-16-11-23-16/h3-9,16H,10-11H2,1-2H3. The van der Waals surface area contributed by atoms with Crippen LogP contribution in [0.15, 0.2) is 46.9 Å². The minimum atomic E-state index is -0.0995. The molecule has 1 aliphatic heterocycles. The number of hydrogen-bond donors (Lipinski definition) is 0. The van der Waals surface area contributed by atoms with Crippen molar-refractivity contribution in [2.24, 2.45) is 0 Å². The molecule has 0 radical (unpaired) electrons. The van der Waals surface area contributed by atoms with Crippen LogP contribution >= 0.6 is 0 Å². The maximum atomic E-state index is 12.7. The summed E-state index contributed by atoms with van der Waals surface area (Å²) in [5.41, 5.74) is 3.28. The van der Waals surface area contributed by atoms with Crippen LogP contribution in [-0.4, -0.2) is 25.1 Å². The summed E-state index contributed by atoms with van der Waals surface area (Å²) in [7, 11) is 0. The second kappa shape index (κ2) is 5.80. The third-order valence-electron chi connectivity index (χ3n) is 4.27. The van der Waals surface area contributed by atoms with Crippen LogP contribution in [0.25, 0.3) is 11.0 Å². The first-order chi connectivity index (χ1) is 11.6. The molecule has 0 spiro atoms. The largest absolute Gasteiger partial charge is 0.491 e. The molecule has 3 aromatic rings. The SMILES string of the molecule is Cc1ccc(C(=O)c2oc3ccc(OCC4CO4)cc3c2C)cc1. The summed E-state index contributed by atoms with van der Waals surface area (Å²) in [6, 6.07) is 13.1. The first-order valence-corrected chi connectivity index (χ1v) is 8.01. The Morgan fingerprint density at radius 3 is 2.62 bits per heavy atom. The van der Waals surface area contributed by atoms with Gasteiger partial charge in [0.2, 0.25) is 5.78 Å². The summed E-state index contributed by atoms with van der Waals surface area (Å²) < 4.78 is 16.7. The Balaban J connectivity index is 1.66. The summed E-state index contributed by atoms with van der Waals surface area (Å²) in [6.45, 7) is 5.22. The van der Waals surface area contributed by atoms with Gasteiger partial charge >= 0.3 is 0 Å². The van der Waals surface area contributed by atoms with Gasteiger partial charge in [-0.15, -0.1) is 0 Å². The van der Waals surface area contributed by atoms with Crippen molar-refractivity contribution in [3.05, 3.63) is 64.9 Å². The fourth-order valence-electron chi connectivity index (χ4n) is 2.70. The maximum Gasteiger partial charge on any atom is 0.228 e. The van der Waals surface area contributed by atoms with Crippen LogP contribution < -0.4 is 4.74 Å². The van der Waals surface area contributed by atoms with E-state index in [2.05, 4.69) is 0 Å². The Bertz CT molecular complexity index is 901. The molecule has 1 fully saturated rings. The van der Waals surface area contributed by atoms with E-state index in [0.29, 0.717) is 23.5 Å². The highest BCUT2D eigenvalue weighted by Gasteiger charge is 2.23. The average Bonchev–Trinajstić information content (AvgIpc) is 3.37. The molecule has 4 rings (SSSR count). The zero-order valence-corrected chi connectivity index (χ0v) is 13.7. The van der Waals surface area contributed by atoms with Crippen molar-refractivity contribution in [1.82, 2.24) is 0 Å². The number of hydrogen-bond acceptors (Lipinski definition) is 4. The second-order valence-electron chi connectivity index (χ2n) is 6.18. The van der Waals surface area contributed by atoms with Gasteiger partial charge in [-0.25, -0.2) is 0 Å². The van der Waals surface area contributed by atoms with Crippen LogP contribution in [0.2, 0.25) is 0 Å². The number of ether oxygens (including phenoxy) is 2. The van der Waals surface area contributed by atoms with Crippen molar-refractivity contribution >= 4 is 16.8 Å². The fourth-order valence-corrected chi connectivity index (χ4v) is 2.70. The molecule has 122 valence electrons. The number of fused-ring (bicyclic) bond motifs is 1. The molecular formula is C20H18O4. The van der Waals surface area contributed by atoms with Gasteiger partial charge in [0, 0.05) is 16.5 Å². The third kappa shape index (κ3) is 2.81. The molecule has 4 heteroatoms. The van der Waals surface area contributed by atoms with E-state index in [9.17, 15) is 4.79 Å². The van der Waals surface area contributed by atoms with Gasteiger partial charge in [-0.3, -0.25) is 4.79 Å². The van der Waals surface area contributed by atoms with Crippen molar-refractivity contribution < 1.29 is 18.7 Å². The summed E-state index contributed by atoms with van der Waals surface area (Å²) >= 11 is 0. The van der Waals surface area contributed by atoms with E-state index in [-0.39, 0.29) is 11.9 Å². The smallest absolute Gasteiger partial charge is 0.228 e.